The minimum Gasteiger partial charge on any atom is -0.462 e. The minimum atomic E-state index is -0.778. The third-order valence-corrected chi connectivity index (χ3v) is 12.1. The van der Waals surface area contributed by atoms with E-state index >= 15 is 0 Å². The van der Waals surface area contributed by atoms with E-state index in [-0.39, 0.29) is 31.1 Å². The van der Waals surface area contributed by atoms with Gasteiger partial charge in [0.2, 0.25) is 0 Å². The molecule has 0 saturated heterocycles. The zero-order valence-corrected chi connectivity index (χ0v) is 44.6. The van der Waals surface area contributed by atoms with Crippen LogP contribution in [0, 0.1) is 0 Å². The molecule has 1 unspecified atom stereocenters. The van der Waals surface area contributed by atoms with Gasteiger partial charge in [0.1, 0.15) is 13.2 Å². The lowest BCUT2D eigenvalue weighted by Gasteiger charge is -2.18. The van der Waals surface area contributed by atoms with Gasteiger partial charge in [-0.05, 0) is 96.3 Å². The topological polar surface area (TPSA) is 78.9 Å². The average molecular weight is 948 g/mol. The maximum absolute atomic E-state index is 12.8. The summed E-state index contributed by atoms with van der Waals surface area (Å²) in [5, 5.41) is 0. The molecule has 390 valence electrons. The summed E-state index contributed by atoms with van der Waals surface area (Å²) in [6.45, 7) is 6.44. The summed E-state index contributed by atoms with van der Waals surface area (Å²) in [5.74, 6) is -0.896. The molecule has 0 aliphatic rings. The normalized spacial score (nSPS) is 12.7. The van der Waals surface area contributed by atoms with Crippen molar-refractivity contribution < 1.29 is 28.6 Å². The van der Waals surface area contributed by atoms with Crippen LogP contribution in [0.5, 0.6) is 0 Å². The largest absolute Gasteiger partial charge is 0.462 e. The Bertz CT molecular complexity index is 1320. The van der Waals surface area contributed by atoms with Crippen LogP contribution >= 0.6 is 0 Å². The fourth-order valence-corrected chi connectivity index (χ4v) is 7.85. The van der Waals surface area contributed by atoms with E-state index < -0.39 is 6.10 Å². The van der Waals surface area contributed by atoms with Crippen LogP contribution in [0.1, 0.15) is 271 Å². The second-order valence-corrected chi connectivity index (χ2v) is 18.8. The summed E-state index contributed by atoms with van der Waals surface area (Å²) >= 11 is 0. The zero-order valence-electron chi connectivity index (χ0n) is 44.6. The van der Waals surface area contributed by atoms with Crippen LogP contribution in [-0.4, -0.2) is 37.2 Å². The highest BCUT2D eigenvalue weighted by Gasteiger charge is 2.19. The van der Waals surface area contributed by atoms with Crippen molar-refractivity contribution in [2.75, 3.05) is 13.2 Å². The summed E-state index contributed by atoms with van der Waals surface area (Å²) in [6.07, 6.45) is 73.2. The third kappa shape index (κ3) is 53.5. The first-order valence-corrected chi connectivity index (χ1v) is 28.6. The Morgan fingerprint density at radius 2 is 0.574 bits per heavy atom. The number of allylic oxidation sites excluding steroid dienone is 14. The van der Waals surface area contributed by atoms with Crippen LogP contribution in [0.2, 0.25) is 0 Å². The van der Waals surface area contributed by atoms with Crippen molar-refractivity contribution in [3.8, 4) is 0 Å². The number of carbonyl (C=O) groups excluding carboxylic acids is 3. The first kappa shape index (κ1) is 64.6. The van der Waals surface area contributed by atoms with Gasteiger partial charge in [-0.3, -0.25) is 14.4 Å². The van der Waals surface area contributed by atoms with Gasteiger partial charge in [0, 0.05) is 19.3 Å². The van der Waals surface area contributed by atoms with Gasteiger partial charge in [0.25, 0.3) is 0 Å². The van der Waals surface area contributed by atoms with E-state index in [0.717, 1.165) is 103 Å². The number of ether oxygens (including phenoxy) is 3. The second-order valence-electron chi connectivity index (χ2n) is 18.8. The highest BCUT2D eigenvalue weighted by molar-refractivity contribution is 5.71. The van der Waals surface area contributed by atoms with Crippen molar-refractivity contribution in [3.05, 3.63) is 85.1 Å². The molecule has 0 N–H and O–H groups in total. The lowest BCUT2D eigenvalue weighted by atomic mass is 10.0. The van der Waals surface area contributed by atoms with E-state index in [9.17, 15) is 14.4 Å². The number of esters is 3. The Morgan fingerprint density at radius 1 is 0.309 bits per heavy atom. The molecule has 0 bridgehead atoms. The van der Waals surface area contributed by atoms with Gasteiger partial charge in [0.15, 0.2) is 6.10 Å². The molecule has 0 aromatic rings. The van der Waals surface area contributed by atoms with Crippen LogP contribution < -0.4 is 0 Å². The molecule has 0 radical (unpaired) electrons. The number of hydrogen-bond acceptors (Lipinski definition) is 6. The molecule has 0 rings (SSSR count). The summed E-state index contributed by atoms with van der Waals surface area (Å²) in [7, 11) is 0. The fourth-order valence-electron chi connectivity index (χ4n) is 7.85. The number of unbranched alkanes of at least 4 members (excludes halogenated alkanes) is 26. The third-order valence-electron chi connectivity index (χ3n) is 12.1. The number of carbonyl (C=O) groups is 3. The van der Waals surface area contributed by atoms with Gasteiger partial charge >= 0.3 is 17.9 Å². The van der Waals surface area contributed by atoms with Crippen molar-refractivity contribution in [1.29, 1.82) is 0 Å². The Balaban J connectivity index is 4.13. The smallest absolute Gasteiger partial charge is 0.306 e. The maximum Gasteiger partial charge on any atom is 0.306 e. The van der Waals surface area contributed by atoms with E-state index in [2.05, 4.69) is 106 Å². The summed E-state index contributed by atoms with van der Waals surface area (Å²) in [4.78, 5) is 37.9. The highest BCUT2D eigenvalue weighted by Crippen LogP contribution is 2.15. The predicted octanol–water partition coefficient (Wildman–Crippen LogP) is 19.2. The first-order valence-electron chi connectivity index (χ1n) is 28.6. The van der Waals surface area contributed by atoms with Crippen molar-refractivity contribution in [2.24, 2.45) is 0 Å². The summed E-state index contributed by atoms with van der Waals surface area (Å²) < 4.78 is 16.7. The minimum absolute atomic E-state index is 0.0796. The summed E-state index contributed by atoms with van der Waals surface area (Å²) in [6, 6.07) is 0. The van der Waals surface area contributed by atoms with Gasteiger partial charge in [-0.15, -0.1) is 0 Å². The van der Waals surface area contributed by atoms with Crippen LogP contribution in [0.3, 0.4) is 0 Å². The molecule has 0 heterocycles. The average Bonchev–Trinajstić information content (AvgIpc) is 3.34. The zero-order chi connectivity index (χ0) is 49.3. The van der Waals surface area contributed by atoms with E-state index in [1.165, 1.54) is 128 Å². The molecule has 0 amide bonds. The molecule has 0 aliphatic carbocycles. The van der Waals surface area contributed by atoms with Crippen molar-refractivity contribution in [2.45, 2.75) is 277 Å². The predicted molar refractivity (Wildman–Crippen MR) is 293 cm³/mol. The van der Waals surface area contributed by atoms with Crippen molar-refractivity contribution in [1.82, 2.24) is 0 Å². The Kier molecular flexibility index (Phi) is 53.4. The lowest BCUT2D eigenvalue weighted by Crippen LogP contribution is -2.30. The molecule has 0 saturated carbocycles. The van der Waals surface area contributed by atoms with Crippen molar-refractivity contribution >= 4 is 17.9 Å². The van der Waals surface area contributed by atoms with Gasteiger partial charge < -0.3 is 14.2 Å². The SMILES string of the molecule is CC/C=C\C/C=C\C/C=C\C/C=C\C/C=C\CCCCCCCCCCCCCC(=O)OCC(COC(=O)CCCCCCCC)OC(=O)CCCCCCCCC/C=C\C/C=C\CCCCC. The van der Waals surface area contributed by atoms with E-state index in [1.54, 1.807) is 0 Å². The molecule has 1 atom stereocenters. The second kappa shape index (κ2) is 56.2. The standard InChI is InChI=1S/C62H106O6/c1-4-7-10-13-16-18-20-22-24-26-27-28-29-30-31-32-33-34-35-37-38-40-42-44-46-49-52-55-61(64)67-58-59(57-66-60(63)54-51-48-15-12-9-6-3)68-62(65)56-53-50-47-45-43-41-39-36-25-23-21-19-17-14-11-8-5-2/h7,10,16-19,22-25,27-28,30-31,59H,4-6,8-9,11-15,20-21,26,29,32-58H2,1-3H3/b10-7-,18-16-,19-17-,24-22-,25-23-,28-27-,31-30-. The molecule has 6 nitrogen and oxygen atoms in total. The Labute approximate surface area is 420 Å². The molecule has 6 heteroatoms. The molecular formula is C62H106O6. The van der Waals surface area contributed by atoms with Crippen molar-refractivity contribution in [3.63, 3.8) is 0 Å². The van der Waals surface area contributed by atoms with E-state index in [1.807, 2.05) is 0 Å². The Morgan fingerprint density at radius 3 is 0.926 bits per heavy atom. The molecular weight excluding hydrogens is 841 g/mol. The Hall–Kier alpha value is -3.41. The molecule has 0 fully saturated rings. The number of rotatable bonds is 51. The van der Waals surface area contributed by atoms with Crippen LogP contribution in [0.4, 0.5) is 0 Å². The quantitative estimate of drug-likeness (QED) is 0.0262. The fraction of sp³-hybridized carbons (Fsp3) is 0.726. The van der Waals surface area contributed by atoms with E-state index in [0.29, 0.717) is 19.3 Å². The lowest BCUT2D eigenvalue weighted by molar-refractivity contribution is -0.167. The van der Waals surface area contributed by atoms with Crippen LogP contribution in [-0.2, 0) is 28.6 Å². The first-order chi connectivity index (χ1) is 33.5. The molecule has 0 aromatic carbocycles. The van der Waals surface area contributed by atoms with Gasteiger partial charge in [0.05, 0.1) is 0 Å². The monoisotopic (exact) mass is 947 g/mol. The van der Waals surface area contributed by atoms with Crippen LogP contribution in [0.15, 0.2) is 85.1 Å². The van der Waals surface area contributed by atoms with Crippen LogP contribution in [0.25, 0.3) is 0 Å². The molecule has 68 heavy (non-hydrogen) atoms. The number of hydrogen-bond donors (Lipinski definition) is 0. The summed E-state index contributed by atoms with van der Waals surface area (Å²) in [5.41, 5.74) is 0. The van der Waals surface area contributed by atoms with E-state index in [4.69, 9.17) is 14.2 Å². The maximum atomic E-state index is 12.8. The molecule has 0 aliphatic heterocycles. The molecule has 0 aromatic heterocycles. The van der Waals surface area contributed by atoms with Gasteiger partial charge in [-0.25, -0.2) is 0 Å². The molecule has 0 spiro atoms. The highest BCUT2D eigenvalue weighted by atomic mass is 16.6. The van der Waals surface area contributed by atoms with Gasteiger partial charge in [-0.2, -0.15) is 0 Å². The van der Waals surface area contributed by atoms with Gasteiger partial charge in [-0.1, -0.05) is 241 Å².